The maximum Gasteiger partial charge on any atom is 0.315 e. The quantitative estimate of drug-likeness (QED) is 0.607. The summed E-state index contributed by atoms with van der Waals surface area (Å²) >= 11 is 0. The Balaban J connectivity index is 0.00000288. The first-order valence-electron chi connectivity index (χ1n) is 7.86. The SMILES string of the molecule is COc1ccc(NC(=O)CNC(=O)NC2CCCCC2)cc1N.Cl. The lowest BCUT2D eigenvalue weighted by molar-refractivity contribution is -0.115. The van der Waals surface area contributed by atoms with Crippen LogP contribution < -0.4 is 26.4 Å². The summed E-state index contributed by atoms with van der Waals surface area (Å²) in [6.45, 7) is -0.0928. The summed E-state index contributed by atoms with van der Waals surface area (Å²) in [6, 6.07) is 4.89. The lowest BCUT2D eigenvalue weighted by atomic mass is 9.96. The van der Waals surface area contributed by atoms with Crippen LogP contribution in [0.2, 0.25) is 0 Å². The number of hydrogen-bond acceptors (Lipinski definition) is 4. The Kier molecular flexibility index (Phi) is 8.18. The third kappa shape index (κ3) is 6.16. The van der Waals surface area contributed by atoms with Gasteiger partial charge in [-0.05, 0) is 31.0 Å². The van der Waals surface area contributed by atoms with Gasteiger partial charge >= 0.3 is 6.03 Å². The van der Waals surface area contributed by atoms with Gasteiger partial charge in [0, 0.05) is 11.7 Å². The number of methoxy groups -OCH3 is 1. The summed E-state index contributed by atoms with van der Waals surface area (Å²) in [5.41, 5.74) is 6.77. The molecule has 0 aliphatic heterocycles. The molecule has 0 unspecified atom stereocenters. The number of carbonyl (C=O) groups is 2. The van der Waals surface area contributed by atoms with Crippen molar-refractivity contribution in [2.24, 2.45) is 0 Å². The van der Waals surface area contributed by atoms with Crippen molar-refractivity contribution < 1.29 is 14.3 Å². The van der Waals surface area contributed by atoms with Crippen LogP contribution in [0.25, 0.3) is 0 Å². The van der Waals surface area contributed by atoms with Crippen molar-refractivity contribution in [3.05, 3.63) is 18.2 Å². The number of urea groups is 1. The molecule has 1 fully saturated rings. The van der Waals surface area contributed by atoms with Crippen LogP contribution in [0.1, 0.15) is 32.1 Å². The standard InChI is InChI=1S/C16H24N4O3.ClH/c1-23-14-8-7-12(9-13(14)17)19-15(21)10-18-16(22)20-11-5-3-2-4-6-11;/h7-9,11H,2-6,10,17H2,1H3,(H,19,21)(H2,18,20,22);1H. The third-order valence-corrected chi connectivity index (χ3v) is 3.86. The Hall–Kier alpha value is -2.15. The van der Waals surface area contributed by atoms with Gasteiger partial charge in [0.15, 0.2) is 0 Å². The predicted octanol–water partition coefficient (Wildman–Crippen LogP) is 2.27. The molecule has 0 heterocycles. The number of nitrogens with one attached hydrogen (secondary N) is 3. The van der Waals surface area contributed by atoms with E-state index in [1.807, 2.05) is 0 Å². The van der Waals surface area contributed by atoms with Crippen molar-refractivity contribution in [1.29, 1.82) is 0 Å². The van der Waals surface area contributed by atoms with E-state index in [4.69, 9.17) is 10.5 Å². The van der Waals surface area contributed by atoms with E-state index in [0.717, 1.165) is 25.7 Å². The van der Waals surface area contributed by atoms with Crippen molar-refractivity contribution in [2.75, 3.05) is 24.7 Å². The maximum absolute atomic E-state index is 11.8. The second-order valence-electron chi connectivity index (χ2n) is 5.67. The molecule has 0 atom stereocenters. The third-order valence-electron chi connectivity index (χ3n) is 3.86. The van der Waals surface area contributed by atoms with Crippen molar-refractivity contribution in [3.63, 3.8) is 0 Å². The number of halogens is 1. The number of ether oxygens (including phenoxy) is 1. The van der Waals surface area contributed by atoms with Crippen LogP contribution in [0.3, 0.4) is 0 Å². The van der Waals surface area contributed by atoms with E-state index >= 15 is 0 Å². The van der Waals surface area contributed by atoms with Gasteiger partial charge in [-0.25, -0.2) is 4.79 Å². The highest BCUT2D eigenvalue weighted by molar-refractivity contribution is 5.94. The number of hydrogen-bond donors (Lipinski definition) is 4. The Morgan fingerprint density at radius 2 is 1.96 bits per heavy atom. The van der Waals surface area contributed by atoms with Crippen molar-refractivity contribution in [1.82, 2.24) is 10.6 Å². The average molecular weight is 357 g/mol. The molecule has 3 amide bonds. The molecule has 2 rings (SSSR count). The summed E-state index contributed by atoms with van der Waals surface area (Å²) in [5, 5.41) is 8.14. The minimum absolute atomic E-state index is 0. The summed E-state index contributed by atoms with van der Waals surface area (Å²) in [6.07, 6.45) is 5.53. The predicted molar refractivity (Wildman–Crippen MR) is 96.7 cm³/mol. The molecule has 1 aliphatic carbocycles. The zero-order chi connectivity index (χ0) is 16.7. The molecule has 0 aromatic heterocycles. The van der Waals surface area contributed by atoms with Crippen LogP contribution >= 0.6 is 12.4 Å². The molecule has 24 heavy (non-hydrogen) atoms. The summed E-state index contributed by atoms with van der Waals surface area (Å²) in [4.78, 5) is 23.6. The van der Waals surface area contributed by atoms with Gasteiger partial charge in [-0.2, -0.15) is 0 Å². The molecule has 0 radical (unpaired) electrons. The van der Waals surface area contributed by atoms with E-state index in [2.05, 4.69) is 16.0 Å². The minimum Gasteiger partial charge on any atom is -0.495 e. The molecule has 1 aromatic rings. The Bertz CT molecular complexity index is 562. The lowest BCUT2D eigenvalue weighted by Gasteiger charge is -2.22. The number of carbonyl (C=O) groups excluding carboxylic acids is 2. The highest BCUT2D eigenvalue weighted by Crippen LogP contribution is 2.24. The summed E-state index contributed by atoms with van der Waals surface area (Å²) in [5.74, 6) is 0.237. The largest absolute Gasteiger partial charge is 0.495 e. The van der Waals surface area contributed by atoms with Crippen LogP contribution in [0.4, 0.5) is 16.2 Å². The Labute approximate surface area is 148 Å². The highest BCUT2D eigenvalue weighted by atomic mass is 35.5. The van der Waals surface area contributed by atoms with Gasteiger partial charge in [-0.1, -0.05) is 19.3 Å². The first-order chi connectivity index (χ1) is 11.1. The Morgan fingerprint density at radius 1 is 1.25 bits per heavy atom. The van der Waals surface area contributed by atoms with Crippen LogP contribution in [0.15, 0.2) is 18.2 Å². The molecule has 0 saturated heterocycles. The molecular formula is C16H25ClN4O3. The number of amides is 3. The van der Waals surface area contributed by atoms with Gasteiger partial charge in [-0.15, -0.1) is 12.4 Å². The average Bonchev–Trinajstić information content (AvgIpc) is 2.54. The van der Waals surface area contributed by atoms with E-state index in [1.54, 1.807) is 18.2 Å². The molecule has 1 aliphatic rings. The topological polar surface area (TPSA) is 105 Å². The van der Waals surface area contributed by atoms with Gasteiger partial charge < -0.3 is 26.4 Å². The van der Waals surface area contributed by atoms with E-state index in [-0.39, 0.29) is 36.9 Å². The second-order valence-corrected chi connectivity index (χ2v) is 5.67. The van der Waals surface area contributed by atoms with Crippen LogP contribution in [-0.2, 0) is 4.79 Å². The van der Waals surface area contributed by atoms with Gasteiger partial charge in [0.25, 0.3) is 0 Å². The maximum atomic E-state index is 11.8. The fraction of sp³-hybridized carbons (Fsp3) is 0.500. The fourth-order valence-corrected chi connectivity index (χ4v) is 2.66. The van der Waals surface area contributed by atoms with Crippen LogP contribution in [0, 0.1) is 0 Å². The Morgan fingerprint density at radius 3 is 2.58 bits per heavy atom. The lowest BCUT2D eigenvalue weighted by Crippen LogP contribution is -2.45. The zero-order valence-corrected chi connectivity index (χ0v) is 14.6. The van der Waals surface area contributed by atoms with Gasteiger partial charge in [-0.3, -0.25) is 4.79 Å². The second kappa shape index (κ2) is 9.87. The first-order valence-corrected chi connectivity index (χ1v) is 7.86. The van der Waals surface area contributed by atoms with Gasteiger partial charge in [0.2, 0.25) is 5.91 Å². The molecular weight excluding hydrogens is 332 g/mol. The number of rotatable bonds is 5. The van der Waals surface area contributed by atoms with Crippen LogP contribution in [-0.4, -0.2) is 31.6 Å². The van der Waals surface area contributed by atoms with Crippen molar-refractivity contribution in [2.45, 2.75) is 38.1 Å². The first kappa shape index (κ1) is 19.9. The van der Waals surface area contributed by atoms with E-state index in [1.165, 1.54) is 13.5 Å². The number of benzene rings is 1. The van der Waals surface area contributed by atoms with Crippen molar-refractivity contribution >= 4 is 35.7 Å². The monoisotopic (exact) mass is 356 g/mol. The number of anilines is 2. The molecule has 5 N–H and O–H groups in total. The number of nitrogen functional groups attached to an aromatic ring is 1. The molecule has 1 saturated carbocycles. The summed E-state index contributed by atoms with van der Waals surface area (Å²) in [7, 11) is 1.53. The molecule has 8 heteroatoms. The molecule has 0 bridgehead atoms. The van der Waals surface area contributed by atoms with E-state index in [9.17, 15) is 9.59 Å². The van der Waals surface area contributed by atoms with Crippen molar-refractivity contribution in [3.8, 4) is 5.75 Å². The molecule has 7 nitrogen and oxygen atoms in total. The molecule has 134 valence electrons. The number of nitrogens with two attached hydrogens (primary N) is 1. The van der Waals surface area contributed by atoms with E-state index in [0.29, 0.717) is 17.1 Å². The smallest absolute Gasteiger partial charge is 0.315 e. The molecule has 0 spiro atoms. The van der Waals surface area contributed by atoms with Gasteiger partial charge in [0.05, 0.1) is 19.3 Å². The fourth-order valence-electron chi connectivity index (χ4n) is 2.66. The van der Waals surface area contributed by atoms with Gasteiger partial charge in [0.1, 0.15) is 5.75 Å². The normalized spacial score (nSPS) is 14.2. The highest BCUT2D eigenvalue weighted by Gasteiger charge is 2.15. The van der Waals surface area contributed by atoms with Crippen LogP contribution in [0.5, 0.6) is 5.75 Å². The minimum atomic E-state index is -0.312. The van der Waals surface area contributed by atoms with E-state index < -0.39 is 0 Å². The summed E-state index contributed by atoms with van der Waals surface area (Å²) < 4.78 is 5.05. The zero-order valence-electron chi connectivity index (χ0n) is 13.8. The molecule has 1 aromatic carbocycles.